The molecule has 35 heavy (non-hydrogen) atoms. The minimum Gasteiger partial charge on any atom is -0.481 e. The number of carboxylic acids is 1. The Labute approximate surface area is 206 Å². The number of carbonyl (C=O) groups excluding carboxylic acids is 2. The van der Waals surface area contributed by atoms with Gasteiger partial charge in [0.25, 0.3) is 11.5 Å². The van der Waals surface area contributed by atoms with Gasteiger partial charge in [-0.1, -0.05) is 54.9 Å². The van der Waals surface area contributed by atoms with Gasteiger partial charge in [-0.25, -0.2) is 4.98 Å². The van der Waals surface area contributed by atoms with Gasteiger partial charge >= 0.3 is 5.97 Å². The Morgan fingerprint density at radius 3 is 2.23 bits per heavy atom. The van der Waals surface area contributed by atoms with E-state index in [-0.39, 0.29) is 35.6 Å². The van der Waals surface area contributed by atoms with Crippen LogP contribution in [0.25, 0.3) is 11.1 Å². The molecule has 1 heterocycles. The van der Waals surface area contributed by atoms with Crippen molar-refractivity contribution in [2.24, 2.45) is 5.92 Å². The molecule has 0 bridgehead atoms. The van der Waals surface area contributed by atoms with Crippen molar-refractivity contribution < 1.29 is 19.5 Å². The molecule has 4 rings (SSSR count). The second-order valence-corrected chi connectivity index (χ2v) is 9.32. The number of aliphatic carboxylic acids is 1. The summed E-state index contributed by atoms with van der Waals surface area (Å²) in [4.78, 5) is 54.7. The fourth-order valence-electron chi connectivity index (χ4n) is 3.91. The van der Waals surface area contributed by atoms with Crippen LogP contribution in [0.2, 0.25) is 5.02 Å². The second-order valence-electron chi connectivity index (χ2n) is 8.89. The number of nitrogens with one attached hydrogen (secondary N) is 2. The number of carboxylic acid groups (broad SMARTS) is 1. The predicted molar refractivity (Wildman–Crippen MR) is 131 cm³/mol. The van der Waals surface area contributed by atoms with Crippen LogP contribution in [0.3, 0.4) is 0 Å². The van der Waals surface area contributed by atoms with E-state index in [1.165, 1.54) is 6.92 Å². The summed E-state index contributed by atoms with van der Waals surface area (Å²) < 4.78 is 0. The molecule has 2 aromatic carbocycles. The molecule has 0 saturated heterocycles. The first-order chi connectivity index (χ1) is 16.7. The maximum atomic E-state index is 12.9. The molecule has 3 aromatic rings. The molecule has 1 saturated carbocycles. The summed E-state index contributed by atoms with van der Waals surface area (Å²) in [6.45, 7) is 1.33. The number of amides is 1. The number of halogens is 1. The highest BCUT2D eigenvalue weighted by molar-refractivity contribution is 6.30. The van der Waals surface area contributed by atoms with Gasteiger partial charge in [0.05, 0.1) is 5.92 Å². The lowest BCUT2D eigenvalue weighted by Gasteiger charge is -2.15. The lowest BCUT2D eigenvalue weighted by Crippen LogP contribution is -2.34. The Kier molecular flexibility index (Phi) is 6.84. The van der Waals surface area contributed by atoms with Crippen molar-refractivity contribution >= 4 is 29.3 Å². The summed E-state index contributed by atoms with van der Waals surface area (Å²) >= 11 is 5.96. The van der Waals surface area contributed by atoms with E-state index in [9.17, 15) is 19.2 Å². The summed E-state index contributed by atoms with van der Waals surface area (Å²) in [7, 11) is 0. The molecule has 1 amide bonds. The van der Waals surface area contributed by atoms with Crippen LogP contribution >= 0.6 is 11.6 Å². The topological polar surface area (TPSA) is 129 Å². The number of hydrogen-bond donors (Lipinski definition) is 3. The molecule has 1 aliphatic carbocycles. The maximum Gasteiger partial charge on any atom is 0.308 e. The number of rotatable bonds is 9. The number of aromatic amines is 1. The van der Waals surface area contributed by atoms with Gasteiger partial charge in [-0.05, 0) is 41.7 Å². The molecule has 0 aliphatic heterocycles. The molecule has 9 heteroatoms. The molecule has 0 radical (unpaired) electrons. The van der Waals surface area contributed by atoms with Crippen LogP contribution in [0.15, 0.2) is 59.5 Å². The van der Waals surface area contributed by atoms with Crippen molar-refractivity contribution in [3.05, 3.63) is 87.1 Å². The average molecular weight is 494 g/mol. The van der Waals surface area contributed by atoms with Gasteiger partial charge < -0.3 is 15.4 Å². The van der Waals surface area contributed by atoms with Crippen LogP contribution in [-0.4, -0.2) is 39.3 Å². The molecule has 0 spiro atoms. The standard InChI is InChI=1S/C26H24ClN3O5/c1-15(25(34)35)13-29-24(33)22-28-14-20(23(32)30-22)21(31)12-26(10-11-26)18-6-2-16(3-7-18)17-4-8-19(27)9-5-17/h2-9,14-15H,10-13H2,1H3,(H,29,33)(H,34,35)(H,28,30,32). The van der Waals surface area contributed by atoms with Gasteiger partial charge in [-0.3, -0.25) is 19.2 Å². The Bertz CT molecular complexity index is 1330. The molecular formula is C26H24ClN3O5. The molecule has 1 aliphatic rings. The quantitative estimate of drug-likeness (QED) is 0.388. The zero-order valence-corrected chi connectivity index (χ0v) is 19.8. The highest BCUT2D eigenvalue weighted by Crippen LogP contribution is 2.51. The molecule has 180 valence electrons. The fourth-order valence-corrected chi connectivity index (χ4v) is 4.03. The average Bonchev–Trinajstić information content (AvgIpc) is 3.63. The van der Waals surface area contributed by atoms with Crippen LogP contribution in [-0.2, 0) is 10.2 Å². The van der Waals surface area contributed by atoms with E-state index in [4.69, 9.17) is 16.7 Å². The van der Waals surface area contributed by atoms with E-state index < -0.39 is 23.4 Å². The Balaban J connectivity index is 1.43. The number of aromatic nitrogens is 2. The van der Waals surface area contributed by atoms with Crippen LogP contribution in [0.5, 0.6) is 0 Å². The molecule has 8 nitrogen and oxygen atoms in total. The second kappa shape index (κ2) is 9.84. The molecular weight excluding hydrogens is 470 g/mol. The minimum absolute atomic E-state index is 0.107. The highest BCUT2D eigenvalue weighted by Gasteiger charge is 2.46. The van der Waals surface area contributed by atoms with Crippen LogP contribution in [0, 0.1) is 5.92 Å². The number of benzene rings is 2. The normalized spacial score (nSPS) is 14.7. The Morgan fingerprint density at radius 2 is 1.69 bits per heavy atom. The van der Waals surface area contributed by atoms with E-state index in [2.05, 4.69) is 15.3 Å². The largest absolute Gasteiger partial charge is 0.481 e. The number of nitrogens with zero attached hydrogens (tertiary/aromatic N) is 1. The molecule has 1 aromatic heterocycles. The lowest BCUT2D eigenvalue weighted by molar-refractivity contribution is -0.140. The van der Waals surface area contributed by atoms with Gasteiger partial charge in [0.1, 0.15) is 5.56 Å². The molecule has 1 unspecified atom stereocenters. The van der Waals surface area contributed by atoms with E-state index in [0.29, 0.717) is 5.02 Å². The number of Topliss-reactive ketones (excluding diaryl/α,β-unsaturated/α-hetero) is 1. The lowest BCUT2D eigenvalue weighted by atomic mass is 9.88. The van der Waals surface area contributed by atoms with Crippen molar-refractivity contribution in [2.45, 2.75) is 31.6 Å². The minimum atomic E-state index is -1.05. The third kappa shape index (κ3) is 5.49. The van der Waals surface area contributed by atoms with E-state index in [1.54, 1.807) is 0 Å². The van der Waals surface area contributed by atoms with Crippen LogP contribution in [0.1, 0.15) is 52.7 Å². The third-order valence-corrected chi connectivity index (χ3v) is 6.58. The Hall–Kier alpha value is -3.78. The van der Waals surface area contributed by atoms with Crippen molar-refractivity contribution in [1.29, 1.82) is 0 Å². The summed E-state index contributed by atoms with van der Waals surface area (Å²) in [5, 5.41) is 12.0. The van der Waals surface area contributed by atoms with Crippen LogP contribution in [0.4, 0.5) is 0 Å². The van der Waals surface area contributed by atoms with Crippen molar-refractivity contribution in [2.75, 3.05) is 6.54 Å². The first-order valence-corrected chi connectivity index (χ1v) is 11.6. The smallest absolute Gasteiger partial charge is 0.308 e. The predicted octanol–water partition coefficient (Wildman–Crippen LogP) is 3.85. The zero-order chi connectivity index (χ0) is 25.2. The van der Waals surface area contributed by atoms with Crippen molar-refractivity contribution in [3.63, 3.8) is 0 Å². The maximum absolute atomic E-state index is 12.9. The van der Waals surface area contributed by atoms with E-state index >= 15 is 0 Å². The number of hydrogen-bond acceptors (Lipinski definition) is 5. The van der Waals surface area contributed by atoms with Gasteiger partial charge in [0.15, 0.2) is 11.6 Å². The third-order valence-electron chi connectivity index (χ3n) is 6.33. The summed E-state index contributed by atoms with van der Waals surface area (Å²) in [5.74, 6) is -3.18. The monoisotopic (exact) mass is 493 g/mol. The SMILES string of the molecule is CC(CNC(=O)c1ncc(C(=O)CC2(c3ccc(-c4ccc(Cl)cc4)cc3)CC2)c(=O)[nH]1)C(=O)O. The first kappa shape index (κ1) is 24.3. The summed E-state index contributed by atoms with van der Waals surface area (Å²) in [5.41, 5.74) is 2.00. The van der Waals surface area contributed by atoms with Crippen LogP contribution < -0.4 is 10.9 Å². The summed E-state index contributed by atoms with van der Waals surface area (Å²) in [6.07, 6.45) is 2.95. The summed E-state index contributed by atoms with van der Waals surface area (Å²) in [6, 6.07) is 15.6. The number of H-pyrrole nitrogens is 1. The molecule has 1 atom stereocenters. The first-order valence-electron chi connectivity index (χ1n) is 11.2. The van der Waals surface area contributed by atoms with Crippen molar-refractivity contribution in [1.82, 2.24) is 15.3 Å². The number of ketones is 1. The van der Waals surface area contributed by atoms with Gasteiger partial charge in [0, 0.05) is 29.6 Å². The van der Waals surface area contributed by atoms with E-state index in [0.717, 1.165) is 35.7 Å². The van der Waals surface area contributed by atoms with Crippen molar-refractivity contribution in [3.8, 4) is 11.1 Å². The van der Waals surface area contributed by atoms with Gasteiger partial charge in [-0.15, -0.1) is 0 Å². The molecule has 3 N–H and O–H groups in total. The fraction of sp³-hybridized carbons (Fsp3) is 0.269. The molecule has 1 fully saturated rings. The van der Waals surface area contributed by atoms with Gasteiger partial charge in [-0.2, -0.15) is 0 Å². The highest BCUT2D eigenvalue weighted by atomic mass is 35.5. The van der Waals surface area contributed by atoms with E-state index in [1.807, 2.05) is 48.5 Å². The van der Waals surface area contributed by atoms with Gasteiger partial charge in [0.2, 0.25) is 0 Å². The zero-order valence-electron chi connectivity index (χ0n) is 19.0. The Morgan fingerprint density at radius 1 is 1.09 bits per heavy atom. The number of carbonyl (C=O) groups is 3.